The monoisotopic (exact) mass is 333 g/mol. The maximum absolute atomic E-state index is 12.8. The molecule has 0 radical (unpaired) electrons. The summed E-state index contributed by atoms with van der Waals surface area (Å²) in [6.45, 7) is 9.57. The summed E-state index contributed by atoms with van der Waals surface area (Å²) in [4.78, 5) is 26.7. The van der Waals surface area contributed by atoms with Gasteiger partial charge in [0.25, 0.3) is 0 Å². The smallest absolute Gasteiger partial charge is 0.411 e. The molecule has 2 rings (SSSR count). The number of likely N-dealkylation sites (tertiary alicyclic amines) is 1. The molecule has 1 aliphatic heterocycles. The van der Waals surface area contributed by atoms with E-state index < -0.39 is 17.7 Å². The molecule has 0 aliphatic carbocycles. The van der Waals surface area contributed by atoms with Crippen molar-refractivity contribution in [1.29, 1.82) is 0 Å². The summed E-state index contributed by atoms with van der Waals surface area (Å²) >= 11 is 0. The van der Waals surface area contributed by atoms with Gasteiger partial charge in [0.1, 0.15) is 11.6 Å². The Morgan fingerprint density at radius 1 is 1.21 bits per heavy atom. The van der Waals surface area contributed by atoms with Crippen molar-refractivity contribution in [2.45, 2.75) is 58.7 Å². The molecule has 0 N–H and O–H groups in total. The van der Waals surface area contributed by atoms with Gasteiger partial charge in [0, 0.05) is 0 Å². The van der Waals surface area contributed by atoms with E-state index in [1.807, 2.05) is 58.0 Å². The van der Waals surface area contributed by atoms with Crippen LogP contribution in [-0.4, -0.2) is 35.2 Å². The van der Waals surface area contributed by atoms with Gasteiger partial charge in [-0.25, -0.2) is 9.59 Å². The second kappa shape index (κ2) is 7.24. The third-order valence-corrected chi connectivity index (χ3v) is 4.07. The number of esters is 1. The minimum absolute atomic E-state index is 0.134. The number of hydrogen-bond donors (Lipinski definition) is 0. The molecule has 1 fully saturated rings. The van der Waals surface area contributed by atoms with Crippen molar-refractivity contribution in [2.75, 3.05) is 6.61 Å². The van der Waals surface area contributed by atoms with E-state index in [0.29, 0.717) is 13.0 Å². The summed E-state index contributed by atoms with van der Waals surface area (Å²) in [5, 5.41) is 0. The topological polar surface area (TPSA) is 55.8 Å². The Hall–Kier alpha value is -2.04. The number of nitrogens with zero attached hydrogens (tertiary/aromatic N) is 1. The zero-order valence-corrected chi connectivity index (χ0v) is 15.1. The quantitative estimate of drug-likeness (QED) is 0.786. The summed E-state index contributed by atoms with van der Waals surface area (Å²) in [6, 6.07) is 8.96. The van der Waals surface area contributed by atoms with Crippen molar-refractivity contribution in [3.05, 3.63) is 35.9 Å². The Bertz CT molecular complexity index is 579. The van der Waals surface area contributed by atoms with Gasteiger partial charge in [0.15, 0.2) is 0 Å². The molecule has 0 saturated carbocycles. The van der Waals surface area contributed by atoms with Crippen LogP contribution in [0.25, 0.3) is 0 Å². The van der Waals surface area contributed by atoms with E-state index in [1.54, 1.807) is 11.8 Å². The number of benzene rings is 1. The highest BCUT2D eigenvalue weighted by atomic mass is 16.6. The predicted octanol–water partition coefficient (Wildman–Crippen LogP) is 3.94. The lowest BCUT2D eigenvalue weighted by Gasteiger charge is -2.32. The van der Waals surface area contributed by atoms with E-state index >= 15 is 0 Å². The van der Waals surface area contributed by atoms with Gasteiger partial charge in [-0.3, -0.25) is 4.90 Å². The second-order valence-corrected chi connectivity index (χ2v) is 7.22. The maximum Gasteiger partial charge on any atom is 0.411 e. The maximum atomic E-state index is 12.8. The third-order valence-electron chi connectivity index (χ3n) is 4.07. The largest absolute Gasteiger partial charge is 0.464 e. The van der Waals surface area contributed by atoms with Gasteiger partial charge in [-0.1, -0.05) is 37.3 Å². The third kappa shape index (κ3) is 4.08. The van der Waals surface area contributed by atoms with Gasteiger partial charge < -0.3 is 9.47 Å². The molecule has 3 atom stereocenters. The summed E-state index contributed by atoms with van der Waals surface area (Å²) in [6.07, 6.45) is 0.0937. The lowest BCUT2D eigenvalue weighted by Crippen LogP contribution is -2.45. The van der Waals surface area contributed by atoms with E-state index in [9.17, 15) is 9.59 Å². The normalized spacial score (nSPS) is 23.9. The van der Waals surface area contributed by atoms with Crippen LogP contribution in [-0.2, 0) is 14.3 Å². The number of carbonyl (C=O) groups excluding carboxylic acids is 2. The van der Waals surface area contributed by atoms with Crippen LogP contribution in [0.2, 0.25) is 0 Å². The number of carbonyl (C=O) groups is 2. The molecule has 1 aromatic rings. The highest BCUT2D eigenvalue weighted by Crippen LogP contribution is 2.42. The lowest BCUT2D eigenvalue weighted by molar-refractivity contribution is -0.148. The van der Waals surface area contributed by atoms with Gasteiger partial charge in [0.05, 0.1) is 12.6 Å². The van der Waals surface area contributed by atoms with Gasteiger partial charge in [-0.05, 0) is 45.6 Å². The van der Waals surface area contributed by atoms with Crippen LogP contribution in [0.3, 0.4) is 0 Å². The van der Waals surface area contributed by atoms with E-state index in [4.69, 9.17) is 9.47 Å². The van der Waals surface area contributed by atoms with Gasteiger partial charge in [0.2, 0.25) is 0 Å². The van der Waals surface area contributed by atoms with Crippen LogP contribution in [0.5, 0.6) is 0 Å². The minimum atomic E-state index is -0.622. The molecule has 0 spiro atoms. The van der Waals surface area contributed by atoms with Crippen molar-refractivity contribution in [2.24, 2.45) is 5.92 Å². The van der Waals surface area contributed by atoms with Crippen molar-refractivity contribution >= 4 is 12.1 Å². The van der Waals surface area contributed by atoms with Crippen LogP contribution < -0.4 is 0 Å². The van der Waals surface area contributed by atoms with E-state index in [0.717, 1.165) is 5.56 Å². The average Bonchev–Trinajstić information content (AvgIpc) is 2.84. The molecule has 0 bridgehead atoms. The summed E-state index contributed by atoms with van der Waals surface area (Å²) in [7, 11) is 0. The fourth-order valence-electron chi connectivity index (χ4n) is 3.21. The van der Waals surface area contributed by atoms with Crippen LogP contribution in [0.1, 0.15) is 52.6 Å². The Morgan fingerprint density at radius 3 is 2.38 bits per heavy atom. The standard InChI is InChI=1S/C19H27NO4/c1-6-23-17(21)15-12-13(2)16(14-10-8-7-9-11-14)20(15)18(22)24-19(3,4)5/h7-11,13,15-16H,6,12H2,1-5H3/t13-,15-,16+/m1/s1. The Balaban J connectivity index is 2.37. The van der Waals surface area contributed by atoms with Crippen LogP contribution in [0, 0.1) is 5.92 Å². The average molecular weight is 333 g/mol. The van der Waals surface area contributed by atoms with E-state index in [2.05, 4.69) is 0 Å². The lowest BCUT2D eigenvalue weighted by atomic mass is 9.95. The Morgan fingerprint density at radius 2 is 1.83 bits per heavy atom. The molecule has 5 heteroatoms. The Labute approximate surface area is 143 Å². The van der Waals surface area contributed by atoms with Gasteiger partial charge >= 0.3 is 12.1 Å². The first-order valence-corrected chi connectivity index (χ1v) is 8.47. The highest BCUT2D eigenvalue weighted by Gasteiger charge is 2.48. The number of amides is 1. The van der Waals surface area contributed by atoms with Gasteiger partial charge in [-0.15, -0.1) is 0 Å². The zero-order chi connectivity index (χ0) is 17.9. The summed E-state index contributed by atoms with van der Waals surface area (Å²) in [5.41, 5.74) is 0.381. The molecule has 0 aromatic heterocycles. The first-order chi connectivity index (χ1) is 11.2. The van der Waals surface area contributed by atoms with E-state index in [-0.39, 0.29) is 17.9 Å². The number of hydrogen-bond acceptors (Lipinski definition) is 4. The molecule has 1 saturated heterocycles. The molecule has 132 valence electrons. The molecule has 1 heterocycles. The SMILES string of the molecule is CCOC(=O)[C@H]1C[C@@H](C)[C@@H](c2ccccc2)N1C(=O)OC(C)(C)C. The molecule has 0 unspecified atom stereocenters. The molecule has 1 aliphatic rings. The number of rotatable bonds is 3. The van der Waals surface area contributed by atoms with E-state index in [1.165, 1.54) is 0 Å². The fraction of sp³-hybridized carbons (Fsp3) is 0.579. The number of ether oxygens (including phenoxy) is 2. The fourth-order valence-corrected chi connectivity index (χ4v) is 3.21. The molecule has 5 nitrogen and oxygen atoms in total. The van der Waals surface area contributed by atoms with Gasteiger partial charge in [-0.2, -0.15) is 0 Å². The molecule has 1 amide bonds. The minimum Gasteiger partial charge on any atom is -0.464 e. The molecular weight excluding hydrogens is 306 g/mol. The van der Waals surface area contributed by atoms with Crippen molar-refractivity contribution in [1.82, 2.24) is 4.90 Å². The van der Waals surface area contributed by atoms with Crippen molar-refractivity contribution in [3.63, 3.8) is 0 Å². The molecular formula is C19H27NO4. The zero-order valence-electron chi connectivity index (χ0n) is 15.1. The first-order valence-electron chi connectivity index (χ1n) is 8.47. The molecule has 24 heavy (non-hydrogen) atoms. The van der Waals surface area contributed by atoms with Crippen LogP contribution in [0.4, 0.5) is 4.79 Å². The van der Waals surface area contributed by atoms with Crippen molar-refractivity contribution < 1.29 is 19.1 Å². The van der Waals surface area contributed by atoms with Crippen LogP contribution >= 0.6 is 0 Å². The Kier molecular flexibility index (Phi) is 5.52. The van der Waals surface area contributed by atoms with Crippen LogP contribution in [0.15, 0.2) is 30.3 Å². The highest BCUT2D eigenvalue weighted by molar-refractivity contribution is 5.82. The predicted molar refractivity (Wildman–Crippen MR) is 91.5 cm³/mol. The van der Waals surface area contributed by atoms with Crippen molar-refractivity contribution in [3.8, 4) is 0 Å². The second-order valence-electron chi connectivity index (χ2n) is 7.22. The summed E-state index contributed by atoms with van der Waals surface area (Å²) in [5.74, 6) is -0.233. The first kappa shape index (κ1) is 18.3. The molecule has 1 aromatic carbocycles. The summed E-state index contributed by atoms with van der Waals surface area (Å²) < 4.78 is 10.7.